The van der Waals surface area contributed by atoms with E-state index < -0.39 is 11.9 Å². The Morgan fingerprint density at radius 2 is 1.80 bits per heavy atom. The summed E-state index contributed by atoms with van der Waals surface area (Å²) < 4.78 is 16.4. The minimum Gasteiger partial charge on any atom is -0.619 e. The van der Waals surface area contributed by atoms with E-state index in [9.17, 15) is 14.8 Å². The fourth-order valence-corrected chi connectivity index (χ4v) is 2.37. The summed E-state index contributed by atoms with van der Waals surface area (Å²) >= 11 is 0. The molecule has 25 heavy (non-hydrogen) atoms. The zero-order valence-electron chi connectivity index (χ0n) is 13.4. The van der Waals surface area contributed by atoms with Crippen LogP contribution < -0.4 is 4.73 Å². The fourth-order valence-electron chi connectivity index (χ4n) is 2.37. The second-order valence-electron chi connectivity index (χ2n) is 5.15. The predicted octanol–water partition coefficient (Wildman–Crippen LogP) is 2.60. The first-order valence-electron chi connectivity index (χ1n) is 7.63. The number of hydrogen-bond acceptors (Lipinski definition) is 6. The number of carbonyl (C=O) groups is 2. The molecule has 0 saturated heterocycles. The molecule has 0 bridgehead atoms. The number of esters is 2. The molecule has 3 rings (SSSR count). The van der Waals surface area contributed by atoms with Crippen LogP contribution in [0.4, 0.5) is 0 Å². The number of carbonyl (C=O) groups excluding carboxylic acids is 2. The molecular formula is C18H15NO6. The van der Waals surface area contributed by atoms with Gasteiger partial charge in [-0.2, -0.15) is 4.73 Å². The summed E-state index contributed by atoms with van der Waals surface area (Å²) in [4.78, 5) is 24.2. The lowest BCUT2D eigenvalue weighted by atomic mass is 10.1. The van der Waals surface area contributed by atoms with Crippen molar-refractivity contribution in [2.75, 3.05) is 6.61 Å². The van der Waals surface area contributed by atoms with Gasteiger partial charge in [-0.1, -0.05) is 18.2 Å². The molecule has 0 aliphatic heterocycles. The van der Waals surface area contributed by atoms with Crippen LogP contribution in [-0.4, -0.2) is 18.5 Å². The van der Waals surface area contributed by atoms with Crippen molar-refractivity contribution in [1.82, 2.24) is 0 Å². The average molecular weight is 341 g/mol. The highest BCUT2D eigenvalue weighted by Gasteiger charge is 2.23. The van der Waals surface area contributed by atoms with E-state index in [1.807, 2.05) is 0 Å². The lowest BCUT2D eigenvalue weighted by molar-refractivity contribution is -0.605. The molecular weight excluding hydrogens is 326 g/mol. The van der Waals surface area contributed by atoms with Gasteiger partial charge in [-0.05, 0) is 13.0 Å². The molecule has 0 radical (unpaired) electrons. The van der Waals surface area contributed by atoms with E-state index >= 15 is 0 Å². The highest BCUT2D eigenvalue weighted by atomic mass is 16.5. The number of para-hydroxylation sites is 1. The van der Waals surface area contributed by atoms with Crippen molar-refractivity contribution in [3.8, 4) is 0 Å². The van der Waals surface area contributed by atoms with Crippen molar-refractivity contribution >= 4 is 22.9 Å². The van der Waals surface area contributed by atoms with Gasteiger partial charge in [0.2, 0.25) is 5.76 Å². The van der Waals surface area contributed by atoms with Crippen LogP contribution in [0.15, 0.2) is 53.2 Å². The van der Waals surface area contributed by atoms with Gasteiger partial charge in [-0.3, -0.25) is 0 Å². The van der Waals surface area contributed by atoms with E-state index in [0.717, 1.165) is 0 Å². The number of ether oxygens (including phenoxy) is 2. The molecule has 7 nitrogen and oxygen atoms in total. The van der Waals surface area contributed by atoms with Gasteiger partial charge in [0.1, 0.15) is 12.2 Å². The Morgan fingerprint density at radius 1 is 1.08 bits per heavy atom. The zero-order valence-corrected chi connectivity index (χ0v) is 13.4. The molecule has 0 fully saturated rings. The monoisotopic (exact) mass is 341 g/mol. The molecule has 2 heterocycles. The number of pyridine rings is 1. The number of benzene rings is 1. The molecule has 3 aromatic rings. The molecule has 0 aliphatic rings. The first kappa shape index (κ1) is 16.5. The SMILES string of the molecule is CCOC(=O)c1oc2ccccc2c1COC(=O)c1cc[n+]([O-])cc1. The van der Waals surface area contributed by atoms with Gasteiger partial charge in [-0.25, -0.2) is 9.59 Å². The molecule has 128 valence electrons. The van der Waals surface area contributed by atoms with Crippen molar-refractivity contribution in [3.05, 3.63) is 70.9 Å². The van der Waals surface area contributed by atoms with Gasteiger partial charge in [0.15, 0.2) is 12.4 Å². The second kappa shape index (κ2) is 7.04. The molecule has 0 amide bonds. The minimum atomic E-state index is -0.614. The highest BCUT2D eigenvalue weighted by Crippen LogP contribution is 2.27. The molecule has 0 N–H and O–H groups in total. The number of aromatic nitrogens is 1. The summed E-state index contributed by atoms with van der Waals surface area (Å²) in [5.74, 6) is -1.21. The van der Waals surface area contributed by atoms with Gasteiger partial charge in [0.05, 0.1) is 17.7 Å². The van der Waals surface area contributed by atoms with Crippen molar-refractivity contribution in [1.29, 1.82) is 0 Å². The summed E-state index contributed by atoms with van der Waals surface area (Å²) in [7, 11) is 0. The van der Waals surface area contributed by atoms with Gasteiger partial charge < -0.3 is 19.1 Å². The van der Waals surface area contributed by atoms with Gasteiger partial charge in [-0.15, -0.1) is 0 Å². The minimum absolute atomic E-state index is 0.0151. The normalized spacial score (nSPS) is 10.6. The van der Waals surface area contributed by atoms with Crippen LogP contribution >= 0.6 is 0 Å². The van der Waals surface area contributed by atoms with Crippen molar-refractivity contribution in [2.45, 2.75) is 13.5 Å². The molecule has 0 spiro atoms. The number of hydrogen-bond donors (Lipinski definition) is 0. The summed E-state index contributed by atoms with van der Waals surface area (Å²) in [6.45, 7) is 1.74. The van der Waals surface area contributed by atoms with E-state index in [4.69, 9.17) is 13.9 Å². The van der Waals surface area contributed by atoms with Crippen LogP contribution in [0.5, 0.6) is 0 Å². The Bertz CT molecular complexity index is 913. The topological polar surface area (TPSA) is 92.7 Å². The van der Waals surface area contributed by atoms with Crippen LogP contribution in [0.1, 0.15) is 33.4 Å². The molecule has 2 aromatic heterocycles. The maximum absolute atomic E-state index is 12.1. The quantitative estimate of drug-likeness (QED) is 0.402. The maximum Gasteiger partial charge on any atom is 0.374 e. The average Bonchev–Trinajstić information content (AvgIpc) is 2.99. The first-order chi connectivity index (χ1) is 12.1. The van der Waals surface area contributed by atoms with Crippen molar-refractivity contribution in [3.63, 3.8) is 0 Å². The third-order valence-corrected chi connectivity index (χ3v) is 3.54. The van der Waals surface area contributed by atoms with Crippen molar-refractivity contribution in [2.24, 2.45) is 0 Å². The van der Waals surface area contributed by atoms with Gasteiger partial charge >= 0.3 is 11.9 Å². The van der Waals surface area contributed by atoms with Crippen LogP contribution in [0, 0.1) is 5.21 Å². The lowest BCUT2D eigenvalue weighted by Gasteiger charge is -2.06. The largest absolute Gasteiger partial charge is 0.619 e. The van der Waals surface area contributed by atoms with Crippen LogP contribution in [-0.2, 0) is 16.1 Å². The van der Waals surface area contributed by atoms with E-state index in [1.54, 1.807) is 31.2 Å². The molecule has 0 saturated carbocycles. The highest BCUT2D eigenvalue weighted by molar-refractivity contribution is 5.96. The molecule has 1 aromatic carbocycles. The van der Waals surface area contributed by atoms with Gasteiger partial charge in [0.25, 0.3) is 0 Å². The Balaban J connectivity index is 1.86. The van der Waals surface area contributed by atoms with E-state index in [0.29, 0.717) is 21.3 Å². The summed E-state index contributed by atoms with van der Waals surface area (Å²) in [6, 6.07) is 9.77. The van der Waals surface area contributed by atoms with E-state index in [-0.39, 0.29) is 24.5 Å². The van der Waals surface area contributed by atoms with E-state index in [2.05, 4.69) is 0 Å². The number of furan rings is 1. The number of fused-ring (bicyclic) bond motifs is 1. The van der Waals surface area contributed by atoms with E-state index in [1.165, 1.54) is 24.5 Å². The summed E-state index contributed by atoms with van der Waals surface area (Å²) in [5.41, 5.74) is 1.18. The smallest absolute Gasteiger partial charge is 0.374 e. The van der Waals surface area contributed by atoms with Crippen molar-refractivity contribution < 1.29 is 28.2 Å². The second-order valence-corrected chi connectivity index (χ2v) is 5.15. The lowest BCUT2D eigenvalue weighted by Crippen LogP contribution is -2.24. The maximum atomic E-state index is 12.1. The summed E-state index contributed by atoms with van der Waals surface area (Å²) in [6.07, 6.45) is 2.40. The molecule has 0 atom stereocenters. The Kier molecular flexibility index (Phi) is 4.65. The Hall–Kier alpha value is -3.35. The van der Waals surface area contributed by atoms with Crippen LogP contribution in [0.3, 0.4) is 0 Å². The molecule has 0 unspecified atom stereocenters. The predicted molar refractivity (Wildman–Crippen MR) is 86.7 cm³/mol. The number of nitrogens with zero attached hydrogens (tertiary/aromatic N) is 1. The zero-order chi connectivity index (χ0) is 17.8. The van der Waals surface area contributed by atoms with Crippen LogP contribution in [0.25, 0.3) is 11.0 Å². The Labute approximate surface area is 143 Å². The molecule has 7 heteroatoms. The molecule has 0 aliphatic carbocycles. The third kappa shape index (κ3) is 3.45. The van der Waals surface area contributed by atoms with Crippen LogP contribution in [0.2, 0.25) is 0 Å². The standard InChI is InChI=1S/C18H15NO6/c1-2-23-18(21)16-14(13-5-3-4-6-15(13)25-16)11-24-17(20)12-7-9-19(22)10-8-12/h3-10H,2,11H2,1H3. The summed E-state index contributed by atoms with van der Waals surface area (Å²) in [5, 5.41) is 11.7. The van der Waals surface area contributed by atoms with Gasteiger partial charge in [0, 0.05) is 17.5 Å². The number of rotatable bonds is 5. The fraction of sp³-hybridized carbons (Fsp3) is 0.167. The third-order valence-electron chi connectivity index (χ3n) is 3.54. The first-order valence-corrected chi connectivity index (χ1v) is 7.63. The Morgan fingerprint density at radius 3 is 2.52 bits per heavy atom.